The minimum atomic E-state index is -1.12. The van der Waals surface area contributed by atoms with E-state index in [2.05, 4.69) is 16.0 Å². The van der Waals surface area contributed by atoms with Gasteiger partial charge in [0.15, 0.2) is 0 Å². The highest BCUT2D eigenvalue weighted by atomic mass is 16.4. The van der Waals surface area contributed by atoms with Gasteiger partial charge in [-0.2, -0.15) is 0 Å². The summed E-state index contributed by atoms with van der Waals surface area (Å²) in [6, 6.07) is 21.1. The average molecular weight is 530 g/mol. The van der Waals surface area contributed by atoms with E-state index in [1.165, 1.54) is 23.7 Å². The molecule has 4 aromatic rings. The molecule has 4 rings (SSSR count). The Kier molecular flexibility index (Phi) is 8.20. The van der Waals surface area contributed by atoms with Gasteiger partial charge in [0.2, 0.25) is 5.91 Å². The van der Waals surface area contributed by atoms with Crippen molar-refractivity contribution in [1.29, 1.82) is 0 Å². The highest BCUT2D eigenvalue weighted by Crippen LogP contribution is 2.17. The number of aryl methyl sites for hydroxylation is 1. The number of aromatic nitrogens is 2. The van der Waals surface area contributed by atoms with Crippen molar-refractivity contribution in [3.05, 3.63) is 111 Å². The zero-order valence-corrected chi connectivity index (χ0v) is 21.1. The number of hydrogen-bond acceptors (Lipinski definition) is 5. The maximum absolute atomic E-state index is 13.3. The first-order valence-corrected chi connectivity index (χ1v) is 12.1. The molecule has 0 spiro atoms. The molecule has 200 valence electrons. The molecule has 3 aromatic carbocycles. The summed E-state index contributed by atoms with van der Waals surface area (Å²) in [4.78, 5) is 62.8. The molecule has 11 nitrogen and oxygen atoms in total. The van der Waals surface area contributed by atoms with E-state index >= 15 is 0 Å². The number of nitrogens with zero attached hydrogens (tertiary/aromatic N) is 2. The smallest absolute Gasteiger partial charge is 0.331 e. The molecule has 0 saturated carbocycles. The van der Waals surface area contributed by atoms with Crippen molar-refractivity contribution in [1.82, 2.24) is 19.8 Å². The Labute approximate surface area is 222 Å². The van der Waals surface area contributed by atoms with Crippen LogP contribution in [0.4, 0.5) is 10.5 Å². The fourth-order valence-electron chi connectivity index (χ4n) is 4.18. The molecule has 1 atom stereocenters. The number of nitrogens with one attached hydrogen (secondary N) is 3. The Morgan fingerprint density at radius 3 is 2.26 bits per heavy atom. The van der Waals surface area contributed by atoms with Gasteiger partial charge < -0.3 is 21.1 Å². The van der Waals surface area contributed by atoms with Crippen LogP contribution in [0.5, 0.6) is 0 Å². The monoisotopic (exact) mass is 529 g/mol. The zero-order valence-electron chi connectivity index (χ0n) is 21.1. The molecular weight excluding hydrogens is 502 g/mol. The van der Waals surface area contributed by atoms with Gasteiger partial charge in [-0.15, -0.1) is 0 Å². The van der Waals surface area contributed by atoms with E-state index in [1.54, 1.807) is 36.4 Å². The van der Waals surface area contributed by atoms with Gasteiger partial charge in [-0.25, -0.2) is 9.59 Å². The lowest BCUT2D eigenvalue weighted by molar-refractivity contribution is -0.137. The van der Waals surface area contributed by atoms with Crippen LogP contribution in [0.25, 0.3) is 10.9 Å². The number of carbonyl (C=O) groups excluding carboxylic acids is 2. The Hall–Kier alpha value is -5.19. The number of urea groups is 1. The standard InChI is InChI=1S/C28H27N5O6/c1-32-23-13-12-20(30-27(38)29-16-18-8-4-2-5-9-18)14-21(23)26(37)33(28(32)39)17-24(34)31-22(15-25(35)36)19-10-6-3-7-11-19/h2-14,22H,15-17H2,1H3,(H,31,34)(H,35,36)(H2,29,30,38). The lowest BCUT2D eigenvalue weighted by atomic mass is 10.0. The maximum atomic E-state index is 13.3. The molecule has 4 N–H and O–H groups in total. The first kappa shape index (κ1) is 26.9. The summed E-state index contributed by atoms with van der Waals surface area (Å²) in [5, 5.41) is 17.4. The van der Waals surface area contributed by atoms with Gasteiger partial charge in [-0.05, 0) is 29.3 Å². The number of carbonyl (C=O) groups is 3. The molecule has 0 saturated heterocycles. The number of amides is 3. The highest BCUT2D eigenvalue weighted by molar-refractivity contribution is 5.92. The van der Waals surface area contributed by atoms with Gasteiger partial charge in [-0.3, -0.25) is 23.5 Å². The third kappa shape index (κ3) is 6.58. The van der Waals surface area contributed by atoms with Gasteiger partial charge >= 0.3 is 17.7 Å². The third-order valence-corrected chi connectivity index (χ3v) is 6.12. The summed E-state index contributed by atoms with van der Waals surface area (Å²) in [7, 11) is 1.47. The molecule has 11 heteroatoms. The topological polar surface area (TPSA) is 152 Å². The Balaban J connectivity index is 1.55. The summed E-state index contributed by atoms with van der Waals surface area (Å²) in [5.74, 6) is -1.81. The van der Waals surface area contributed by atoms with E-state index in [0.29, 0.717) is 23.3 Å². The highest BCUT2D eigenvalue weighted by Gasteiger charge is 2.20. The second kappa shape index (κ2) is 11.9. The van der Waals surface area contributed by atoms with Crippen molar-refractivity contribution in [2.75, 3.05) is 5.32 Å². The lowest BCUT2D eigenvalue weighted by Crippen LogP contribution is -2.44. The number of carboxylic acids is 1. The van der Waals surface area contributed by atoms with Gasteiger partial charge in [0.05, 0.1) is 23.4 Å². The zero-order chi connectivity index (χ0) is 27.9. The number of anilines is 1. The van der Waals surface area contributed by atoms with E-state index in [4.69, 9.17) is 0 Å². The van der Waals surface area contributed by atoms with Crippen LogP contribution in [0.15, 0.2) is 88.5 Å². The van der Waals surface area contributed by atoms with Gasteiger partial charge in [0, 0.05) is 19.3 Å². The quantitative estimate of drug-likeness (QED) is 0.261. The van der Waals surface area contributed by atoms with Crippen LogP contribution in [-0.2, 0) is 29.7 Å². The first-order chi connectivity index (χ1) is 18.7. The van der Waals surface area contributed by atoms with Crippen LogP contribution >= 0.6 is 0 Å². The van der Waals surface area contributed by atoms with E-state index in [1.807, 2.05) is 30.3 Å². The largest absolute Gasteiger partial charge is 0.481 e. The number of hydrogen-bond donors (Lipinski definition) is 4. The molecule has 0 bridgehead atoms. The Bertz CT molecular complexity index is 1630. The molecule has 1 unspecified atom stereocenters. The Morgan fingerprint density at radius 2 is 1.59 bits per heavy atom. The van der Waals surface area contributed by atoms with Gasteiger partial charge in [0.1, 0.15) is 6.54 Å². The fourth-order valence-corrected chi connectivity index (χ4v) is 4.18. The number of fused-ring (bicyclic) bond motifs is 1. The van der Waals surface area contributed by atoms with E-state index in [0.717, 1.165) is 10.1 Å². The minimum Gasteiger partial charge on any atom is -0.481 e. The number of carboxylic acid groups (broad SMARTS) is 1. The second-order valence-corrected chi connectivity index (χ2v) is 8.89. The third-order valence-electron chi connectivity index (χ3n) is 6.12. The molecule has 0 aliphatic carbocycles. The van der Waals surface area contributed by atoms with Gasteiger partial charge in [-0.1, -0.05) is 60.7 Å². The first-order valence-electron chi connectivity index (χ1n) is 12.1. The summed E-state index contributed by atoms with van der Waals surface area (Å²) < 4.78 is 2.01. The SMILES string of the molecule is Cn1c(=O)n(CC(=O)NC(CC(=O)O)c2ccccc2)c(=O)c2cc(NC(=O)NCc3ccccc3)ccc21. The second-order valence-electron chi connectivity index (χ2n) is 8.89. The number of benzene rings is 3. The fraction of sp³-hybridized carbons (Fsp3) is 0.179. The Morgan fingerprint density at radius 1 is 0.923 bits per heavy atom. The van der Waals surface area contributed by atoms with Crippen LogP contribution in [0.1, 0.15) is 23.6 Å². The van der Waals surface area contributed by atoms with Crippen LogP contribution < -0.4 is 27.2 Å². The summed E-state index contributed by atoms with van der Waals surface area (Å²) in [6.07, 6.45) is -0.373. The molecular formula is C28H27N5O6. The lowest BCUT2D eigenvalue weighted by Gasteiger charge is -2.18. The van der Waals surface area contributed by atoms with Crippen molar-refractivity contribution in [3.8, 4) is 0 Å². The predicted molar refractivity (Wildman–Crippen MR) is 145 cm³/mol. The van der Waals surface area contributed by atoms with Crippen LogP contribution in [0.2, 0.25) is 0 Å². The molecule has 0 aliphatic heterocycles. The summed E-state index contributed by atoms with van der Waals surface area (Å²) in [5.41, 5.74) is 0.716. The normalized spacial score (nSPS) is 11.5. The summed E-state index contributed by atoms with van der Waals surface area (Å²) >= 11 is 0. The van der Waals surface area contributed by atoms with Crippen molar-refractivity contribution in [2.45, 2.75) is 25.6 Å². The van der Waals surface area contributed by atoms with Crippen LogP contribution in [-0.4, -0.2) is 32.1 Å². The van der Waals surface area contributed by atoms with Crippen molar-refractivity contribution < 1.29 is 19.5 Å². The van der Waals surface area contributed by atoms with Crippen LogP contribution in [0.3, 0.4) is 0 Å². The van der Waals surface area contributed by atoms with Crippen LogP contribution in [0, 0.1) is 0 Å². The van der Waals surface area contributed by atoms with Crippen molar-refractivity contribution in [2.24, 2.45) is 7.05 Å². The molecule has 1 aromatic heterocycles. The molecule has 1 heterocycles. The molecule has 3 amide bonds. The minimum absolute atomic E-state index is 0.121. The van der Waals surface area contributed by atoms with Crippen molar-refractivity contribution in [3.63, 3.8) is 0 Å². The molecule has 0 radical (unpaired) electrons. The number of aliphatic carboxylic acids is 1. The maximum Gasteiger partial charge on any atom is 0.331 e. The molecule has 0 fully saturated rings. The van der Waals surface area contributed by atoms with Crippen molar-refractivity contribution >= 4 is 34.5 Å². The van der Waals surface area contributed by atoms with E-state index in [-0.39, 0.29) is 11.8 Å². The predicted octanol–water partition coefficient (Wildman–Crippen LogP) is 2.35. The number of rotatable bonds is 9. The van der Waals surface area contributed by atoms with E-state index < -0.39 is 41.7 Å². The van der Waals surface area contributed by atoms with E-state index in [9.17, 15) is 29.1 Å². The average Bonchev–Trinajstić information content (AvgIpc) is 2.93. The van der Waals surface area contributed by atoms with Gasteiger partial charge in [0.25, 0.3) is 5.56 Å². The summed E-state index contributed by atoms with van der Waals surface area (Å²) in [6.45, 7) is -0.303. The molecule has 39 heavy (non-hydrogen) atoms. The molecule has 0 aliphatic rings.